The van der Waals surface area contributed by atoms with Crippen LogP contribution >= 0.6 is 0 Å². The van der Waals surface area contributed by atoms with Crippen LogP contribution in [0.1, 0.15) is 20.8 Å². The summed E-state index contributed by atoms with van der Waals surface area (Å²) in [4.78, 5) is 24.4. The van der Waals surface area contributed by atoms with Crippen LogP contribution < -0.4 is 5.73 Å². The molecule has 0 aliphatic carbocycles. The molecule has 0 aliphatic heterocycles. The molecule has 0 rings (SSSR count). The van der Waals surface area contributed by atoms with Crippen molar-refractivity contribution >= 4 is 11.9 Å². The van der Waals surface area contributed by atoms with Crippen molar-refractivity contribution in [1.82, 2.24) is 4.90 Å². The van der Waals surface area contributed by atoms with Gasteiger partial charge in [-0.1, -0.05) is 0 Å². The van der Waals surface area contributed by atoms with Crippen LogP contribution in [0.2, 0.25) is 0 Å². The van der Waals surface area contributed by atoms with Gasteiger partial charge in [-0.25, -0.2) is 4.79 Å². The molecule has 0 aromatic heterocycles. The first-order valence-electron chi connectivity index (χ1n) is 5.29. The van der Waals surface area contributed by atoms with E-state index in [1.54, 1.807) is 20.8 Å². The number of nitrogens with zero attached hydrogens (tertiary/aromatic N) is 1. The first kappa shape index (κ1) is 14.9. The van der Waals surface area contributed by atoms with Crippen molar-refractivity contribution in [3.05, 3.63) is 0 Å². The van der Waals surface area contributed by atoms with Crippen molar-refractivity contribution in [3.63, 3.8) is 0 Å². The van der Waals surface area contributed by atoms with Crippen molar-refractivity contribution in [2.45, 2.75) is 32.9 Å². The molecule has 0 saturated heterocycles. The molecule has 94 valence electrons. The van der Waals surface area contributed by atoms with Gasteiger partial charge in [-0.15, -0.1) is 0 Å². The van der Waals surface area contributed by atoms with Gasteiger partial charge in [0, 0.05) is 12.6 Å². The number of amides is 1. The lowest BCUT2D eigenvalue weighted by molar-refractivity contribution is -0.151. The lowest BCUT2D eigenvalue weighted by atomic mass is 10.2. The van der Waals surface area contributed by atoms with E-state index < -0.39 is 17.9 Å². The summed E-state index contributed by atoms with van der Waals surface area (Å²) in [5.74, 6) is -1.27. The molecule has 0 aromatic carbocycles. The number of rotatable bonds is 6. The summed E-state index contributed by atoms with van der Waals surface area (Å²) < 4.78 is 4.66. The van der Waals surface area contributed by atoms with Gasteiger partial charge in [-0.3, -0.25) is 4.79 Å². The van der Waals surface area contributed by atoms with Crippen LogP contribution in [0.5, 0.6) is 0 Å². The van der Waals surface area contributed by atoms with E-state index in [1.807, 2.05) is 0 Å². The highest BCUT2D eigenvalue weighted by molar-refractivity contribution is 6.01. The highest BCUT2D eigenvalue weighted by Gasteiger charge is 2.29. The second kappa shape index (κ2) is 7.19. The maximum atomic E-state index is 11.8. The van der Waals surface area contributed by atoms with E-state index in [0.717, 1.165) is 0 Å². The van der Waals surface area contributed by atoms with Crippen molar-refractivity contribution in [2.75, 3.05) is 19.8 Å². The van der Waals surface area contributed by atoms with Gasteiger partial charge in [0.2, 0.25) is 0 Å². The molecule has 16 heavy (non-hydrogen) atoms. The molecule has 1 unspecified atom stereocenters. The van der Waals surface area contributed by atoms with Gasteiger partial charge in [-0.05, 0) is 20.8 Å². The Morgan fingerprint density at radius 3 is 2.38 bits per heavy atom. The fourth-order valence-electron chi connectivity index (χ4n) is 1.24. The second-order valence-electron chi connectivity index (χ2n) is 3.58. The Bertz CT molecular complexity index is 243. The zero-order valence-electron chi connectivity index (χ0n) is 9.97. The largest absolute Gasteiger partial charge is 0.464 e. The number of ether oxygens (including phenoxy) is 1. The molecule has 1 atom stereocenters. The van der Waals surface area contributed by atoms with Crippen LogP contribution in [0.3, 0.4) is 0 Å². The minimum absolute atomic E-state index is 0.125. The highest BCUT2D eigenvalue weighted by Crippen LogP contribution is 2.02. The first-order chi connectivity index (χ1) is 7.45. The predicted octanol–water partition coefficient (Wildman–Crippen LogP) is -0.894. The van der Waals surface area contributed by atoms with E-state index in [4.69, 9.17) is 10.8 Å². The van der Waals surface area contributed by atoms with E-state index in [-0.39, 0.29) is 25.8 Å². The van der Waals surface area contributed by atoms with Crippen molar-refractivity contribution < 1.29 is 19.4 Å². The van der Waals surface area contributed by atoms with Crippen LogP contribution in [0, 0.1) is 0 Å². The van der Waals surface area contributed by atoms with E-state index in [1.165, 1.54) is 4.90 Å². The number of hydrogen-bond donors (Lipinski definition) is 2. The Kier molecular flexibility index (Phi) is 6.67. The molecule has 0 bridgehead atoms. The molecule has 3 N–H and O–H groups in total. The molecule has 0 spiro atoms. The van der Waals surface area contributed by atoms with E-state index in [0.29, 0.717) is 0 Å². The molecular weight excluding hydrogens is 212 g/mol. The number of carbonyl (C=O) groups excluding carboxylic acids is 2. The zero-order valence-corrected chi connectivity index (χ0v) is 9.97. The van der Waals surface area contributed by atoms with Gasteiger partial charge in [0.1, 0.15) is 0 Å². The van der Waals surface area contributed by atoms with Gasteiger partial charge in [-0.2, -0.15) is 0 Å². The van der Waals surface area contributed by atoms with Gasteiger partial charge < -0.3 is 20.5 Å². The summed E-state index contributed by atoms with van der Waals surface area (Å²) in [7, 11) is 0. The van der Waals surface area contributed by atoms with Crippen LogP contribution in [-0.2, 0) is 14.3 Å². The molecule has 0 saturated carbocycles. The number of hydrogen-bond acceptors (Lipinski definition) is 5. The standard InChI is InChI=1S/C10H20N2O4/c1-4-16-10(15)8(11)9(14)12(5-6-13)7(2)3/h7-8,13H,4-6,11H2,1-3H3. The van der Waals surface area contributed by atoms with E-state index in [2.05, 4.69) is 4.74 Å². The first-order valence-corrected chi connectivity index (χ1v) is 5.29. The Morgan fingerprint density at radius 1 is 1.44 bits per heavy atom. The maximum absolute atomic E-state index is 11.8. The van der Waals surface area contributed by atoms with E-state index in [9.17, 15) is 9.59 Å². The zero-order chi connectivity index (χ0) is 12.7. The summed E-state index contributed by atoms with van der Waals surface area (Å²) in [6.45, 7) is 5.38. The molecule has 0 aliphatic rings. The van der Waals surface area contributed by atoms with Crippen molar-refractivity contribution in [1.29, 1.82) is 0 Å². The third kappa shape index (κ3) is 4.16. The summed E-state index contributed by atoms with van der Waals surface area (Å²) in [6, 6.07) is -1.44. The number of aliphatic hydroxyl groups excluding tert-OH is 1. The lowest BCUT2D eigenvalue weighted by Crippen LogP contribution is -2.52. The van der Waals surface area contributed by atoms with Gasteiger partial charge in [0.25, 0.3) is 5.91 Å². The minimum Gasteiger partial charge on any atom is -0.464 e. The van der Waals surface area contributed by atoms with Crippen LogP contribution in [-0.4, -0.2) is 53.7 Å². The van der Waals surface area contributed by atoms with Crippen molar-refractivity contribution in [3.8, 4) is 0 Å². The smallest absolute Gasteiger partial charge is 0.332 e. The fraction of sp³-hybridized carbons (Fsp3) is 0.800. The quantitative estimate of drug-likeness (QED) is 0.457. The molecule has 0 aromatic rings. The summed E-state index contributed by atoms with van der Waals surface area (Å²) in [5, 5.41) is 8.81. The van der Waals surface area contributed by atoms with Crippen LogP contribution in [0.15, 0.2) is 0 Å². The van der Waals surface area contributed by atoms with Crippen LogP contribution in [0.25, 0.3) is 0 Å². The van der Waals surface area contributed by atoms with Crippen LogP contribution in [0.4, 0.5) is 0 Å². The Hall–Kier alpha value is -1.14. The molecule has 6 nitrogen and oxygen atoms in total. The summed E-state index contributed by atoms with van der Waals surface area (Å²) in [6.07, 6.45) is 0. The summed E-state index contributed by atoms with van der Waals surface area (Å²) >= 11 is 0. The highest BCUT2D eigenvalue weighted by atomic mass is 16.5. The third-order valence-electron chi connectivity index (χ3n) is 2.05. The molecule has 1 amide bonds. The number of aliphatic hydroxyl groups is 1. The lowest BCUT2D eigenvalue weighted by Gasteiger charge is -2.27. The van der Waals surface area contributed by atoms with Crippen molar-refractivity contribution in [2.24, 2.45) is 5.73 Å². The summed E-state index contributed by atoms with van der Waals surface area (Å²) in [5.41, 5.74) is 5.47. The monoisotopic (exact) mass is 232 g/mol. The minimum atomic E-state index is -1.31. The molecule has 0 heterocycles. The average Bonchev–Trinajstić information content (AvgIpc) is 2.23. The average molecular weight is 232 g/mol. The normalized spacial score (nSPS) is 12.4. The fourth-order valence-corrected chi connectivity index (χ4v) is 1.24. The number of carbonyl (C=O) groups is 2. The Labute approximate surface area is 95.4 Å². The Balaban J connectivity index is 4.54. The SMILES string of the molecule is CCOC(=O)C(N)C(=O)N(CCO)C(C)C. The Morgan fingerprint density at radius 2 is 2.00 bits per heavy atom. The maximum Gasteiger partial charge on any atom is 0.332 e. The third-order valence-corrected chi connectivity index (χ3v) is 2.05. The molecule has 0 radical (unpaired) electrons. The molecule has 0 fully saturated rings. The second-order valence-corrected chi connectivity index (χ2v) is 3.58. The topological polar surface area (TPSA) is 92.9 Å². The molecular formula is C10H20N2O4. The predicted molar refractivity (Wildman–Crippen MR) is 58.5 cm³/mol. The number of nitrogens with two attached hydrogens (primary N) is 1. The number of esters is 1. The van der Waals surface area contributed by atoms with Gasteiger partial charge >= 0.3 is 5.97 Å². The van der Waals surface area contributed by atoms with E-state index >= 15 is 0 Å². The van der Waals surface area contributed by atoms with Gasteiger partial charge in [0.15, 0.2) is 6.04 Å². The van der Waals surface area contributed by atoms with Gasteiger partial charge in [0.05, 0.1) is 13.2 Å². The molecule has 6 heteroatoms.